The first-order valence-corrected chi connectivity index (χ1v) is 5.30. The van der Waals surface area contributed by atoms with Gasteiger partial charge in [-0.15, -0.1) is 0 Å². The van der Waals surface area contributed by atoms with Crippen LogP contribution in [0.5, 0.6) is 0 Å². The van der Waals surface area contributed by atoms with Crippen molar-refractivity contribution in [1.29, 1.82) is 0 Å². The van der Waals surface area contributed by atoms with E-state index in [0.29, 0.717) is 0 Å². The molecule has 0 fully saturated rings. The lowest BCUT2D eigenvalue weighted by Crippen LogP contribution is -2.32. The van der Waals surface area contributed by atoms with E-state index in [-0.39, 0.29) is 5.91 Å². The molecule has 0 aliphatic heterocycles. The van der Waals surface area contributed by atoms with Crippen molar-refractivity contribution in [2.45, 2.75) is 19.5 Å². The van der Waals surface area contributed by atoms with Crippen LogP contribution in [0, 0.1) is 0 Å². The van der Waals surface area contributed by atoms with Crippen LogP contribution in [-0.2, 0) is 11.3 Å². The second kappa shape index (κ2) is 5.63. The maximum Gasteiger partial charge on any atom is 0.241 e. The summed E-state index contributed by atoms with van der Waals surface area (Å²) in [6.45, 7) is 2.46. The van der Waals surface area contributed by atoms with Crippen molar-refractivity contribution in [1.82, 2.24) is 4.90 Å². The number of carbonyl (C=O) groups excluding carboxylic acids is 1. The molecule has 1 aromatic carbocycles. The van der Waals surface area contributed by atoms with Crippen molar-refractivity contribution in [2.75, 3.05) is 19.4 Å². The Labute approximate surface area is 96.4 Å². The summed E-state index contributed by atoms with van der Waals surface area (Å²) in [6.07, 6.45) is 0. The van der Waals surface area contributed by atoms with Crippen molar-refractivity contribution in [3.63, 3.8) is 0 Å². The molecule has 1 atom stereocenters. The Bertz CT molecular complexity index is 361. The molecular formula is C12H19N3O. The Morgan fingerprint density at radius 1 is 1.44 bits per heavy atom. The maximum absolute atomic E-state index is 11.5. The van der Waals surface area contributed by atoms with Gasteiger partial charge in [0.1, 0.15) is 0 Å². The normalized spacial score (nSPS) is 12.6. The summed E-state index contributed by atoms with van der Waals surface area (Å²) in [4.78, 5) is 13.6. The number of nitrogens with zero attached hydrogens (tertiary/aromatic N) is 1. The van der Waals surface area contributed by atoms with Gasteiger partial charge in [0.15, 0.2) is 0 Å². The van der Waals surface area contributed by atoms with Crippen molar-refractivity contribution in [2.24, 2.45) is 5.73 Å². The van der Waals surface area contributed by atoms with Crippen molar-refractivity contribution in [3.8, 4) is 0 Å². The Hall–Kier alpha value is -1.39. The van der Waals surface area contributed by atoms with E-state index in [1.165, 1.54) is 0 Å². The molecule has 1 aromatic rings. The number of hydrogen-bond donors (Lipinski definition) is 2. The summed E-state index contributed by atoms with van der Waals surface area (Å²) in [7, 11) is 3.98. The molecule has 0 aliphatic rings. The third-order valence-electron chi connectivity index (χ3n) is 2.18. The molecule has 4 heteroatoms. The average Bonchev–Trinajstić information content (AvgIpc) is 2.20. The molecule has 1 unspecified atom stereocenters. The quantitative estimate of drug-likeness (QED) is 0.798. The van der Waals surface area contributed by atoms with Crippen LogP contribution < -0.4 is 11.1 Å². The van der Waals surface area contributed by atoms with Gasteiger partial charge in [0, 0.05) is 12.2 Å². The average molecular weight is 221 g/mol. The molecule has 1 rings (SSSR count). The van der Waals surface area contributed by atoms with E-state index >= 15 is 0 Å². The monoisotopic (exact) mass is 221 g/mol. The minimum Gasteiger partial charge on any atom is -0.324 e. The molecular weight excluding hydrogens is 202 g/mol. The second-order valence-corrected chi connectivity index (χ2v) is 4.17. The number of carbonyl (C=O) groups is 1. The molecule has 0 aromatic heterocycles. The number of amides is 1. The molecule has 0 saturated heterocycles. The van der Waals surface area contributed by atoms with Gasteiger partial charge >= 0.3 is 0 Å². The standard InChI is InChI=1S/C12H19N3O/c1-9(13)12(16)14-11-7-5-4-6-10(11)8-15(2)3/h4-7,9H,8,13H2,1-3H3,(H,14,16). The number of rotatable bonds is 4. The lowest BCUT2D eigenvalue weighted by Gasteiger charge is -2.15. The Kier molecular flexibility index (Phi) is 4.46. The van der Waals surface area contributed by atoms with Crippen LogP contribution in [0.15, 0.2) is 24.3 Å². The minimum absolute atomic E-state index is 0.161. The van der Waals surface area contributed by atoms with Crippen LogP contribution in [-0.4, -0.2) is 30.9 Å². The van der Waals surface area contributed by atoms with E-state index in [2.05, 4.69) is 10.2 Å². The van der Waals surface area contributed by atoms with Crippen LogP contribution in [0.3, 0.4) is 0 Å². The highest BCUT2D eigenvalue weighted by Gasteiger charge is 2.10. The summed E-state index contributed by atoms with van der Waals surface area (Å²) in [5.74, 6) is -0.161. The van der Waals surface area contributed by atoms with Crippen LogP contribution in [0.25, 0.3) is 0 Å². The zero-order valence-corrected chi connectivity index (χ0v) is 10.0. The lowest BCUT2D eigenvalue weighted by atomic mass is 10.1. The topological polar surface area (TPSA) is 58.4 Å². The molecule has 0 radical (unpaired) electrons. The second-order valence-electron chi connectivity index (χ2n) is 4.17. The molecule has 3 N–H and O–H groups in total. The fourth-order valence-electron chi connectivity index (χ4n) is 1.37. The highest BCUT2D eigenvalue weighted by molar-refractivity contribution is 5.94. The fourth-order valence-corrected chi connectivity index (χ4v) is 1.37. The highest BCUT2D eigenvalue weighted by atomic mass is 16.2. The van der Waals surface area contributed by atoms with Gasteiger partial charge in [-0.25, -0.2) is 0 Å². The molecule has 0 saturated carbocycles. The first-order valence-electron chi connectivity index (χ1n) is 5.30. The molecule has 0 spiro atoms. The van der Waals surface area contributed by atoms with Crippen molar-refractivity contribution in [3.05, 3.63) is 29.8 Å². The third kappa shape index (κ3) is 3.64. The summed E-state index contributed by atoms with van der Waals surface area (Å²) in [5.41, 5.74) is 7.43. The van der Waals surface area contributed by atoms with Gasteiger partial charge < -0.3 is 16.0 Å². The summed E-state index contributed by atoms with van der Waals surface area (Å²) in [5, 5.41) is 2.82. The molecule has 0 aliphatic carbocycles. The van der Waals surface area contributed by atoms with Gasteiger partial charge in [-0.05, 0) is 32.6 Å². The van der Waals surface area contributed by atoms with E-state index < -0.39 is 6.04 Å². The van der Waals surface area contributed by atoms with E-state index in [9.17, 15) is 4.79 Å². The molecule has 0 bridgehead atoms. The summed E-state index contributed by atoms with van der Waals surface area (Å²) in [6, 6.07) is 7.25. The zero-order chi connectivity index (χ0) is 12.1. The number of hydrogen-bond acceptors (Lipinski definition) is 3. The Morgan fingerprint density at radius 3 is 2.62 bits per heavy atom. The minimum atomic E-state index is -0.493. The largest absolute Gasteiger partial charge is 0.324 e. The molecule has 88 valence electrons. The number of benzene rings is 1. The van der Waals surface area contributed by atoms with Crippen molar-refractivity contribution >= 4 is 11.6 Å². The van der Waals surface area contributed by atoms with Gasteiger partial charge in [-0.3, -0.25) is 4.79 Å². The first-order chi connectivity index (χ1) is 7.50. The zero-order valence-electron chi connectivity index (χ0n) is 10.0. The van der Waals surface area contributed by atoms with Gasteiger partial charge in [0.2, 0.25) is 5.91 Å². The molecule has 0 heterocycles. The molecule has 1 amide bonds. The van der Waals surface area contributed by atoms with Crippen LogP contribution in [0.2, 0.25) is 0 Å². The Morgan fingerprint density at radius 2 is 2.06 bits per heavy atom. The van der Waals surface area contributed by atoms with Crippen LogP contribution in [0.4, 0.5) is 5.69 Å². The first kappa shape index (κ1) is 12.7. The predicted molar refractivity (Wildman–Crippen MR) is 66.1 cm³/mol. The summed E-state index contributed by atoms with van der Waals surface area (Å²) >= 11 is 0. The Balaban J connectivity index is 2.82. The van der Waals surface area contributed by atoms with Gasteiger partial charge in [-0.1, -0.05) is 18.2 Å². The van der Waals surface area contributed by atoms with Crippen LogP contribution >= 0.6 is 0 Å². The lowest BCUT2D eigenvalue weighted by molar-refractivity contribution is -0.117. The SMILES string of the molecule is CC(N)C(=O)Nc1ccccc1CN(C)C. The predicted octanol–water partition coefficient (Wildman–Crippen LogP) is 1.03. The fraction of sp³-hybridized carbons (Fsp3) is 0.417. The third-order valence-corrected chi connectivity index (χ3v) is 2.18. The smallest absolute Gasteiger partial charge is 0.241 e. The molecule has 4 nitrogen and oxygen atoms in total. The molecule has 16 heavy (non-hydrogen) atoms. The number of anilines is 1. The van der Waals surface area contributed by atoms with Crippen LogP contribution in [0.1, 0.15) is 12.5 Å². The number of para-hydroxylation sites is 1. The maximum atomic E-state index is 11.5. The van der Waals surface area contributed by atoms with Gasteiger partial charge in [0.05, 0.1) is 6.04 Å². The van der Waals surface area contributed by atoms with E-state index in [1.54, 1.807) is 6.92 Å². The van der Waals surface area contributed by atoms with Gasteiger partial charge in [0.25, 0.3) is 0 Å². The summed E-state index contributed by atoms with van der Waals surface area (Å²) < 4.78 is 0. The van der Waals surface area contributed by atoms with Gasteiger partial charge in [-0.2, -0.15) is 0 Å². The number of nitrogens with one attached hydrogen (secondary N) is 1. The van der Waals surface area contributed by atoms with E-state index in [4.69, 9.17) is 5.73 Å². The number of nitrogens with two attached hydrogens (primary N) is 1. The highest BCUT2D eigenvalue weighted by Crippen LogP contribution is 2.16. The van der Waals surface area contributed by atoms with E-state index in [1.807, 2.05) is 38.4 Å². The van der Waals surface area contributed by atoms with E-state index in [0.717, 1.165) is 17.8 Å². The van der Waals surface area contributed by atoms with Crippen molar-refractivity contribution < 1.29 is 4.79 Å².